The van der Waals surface area contributed by atoms with Crippen LogP contribution in [-0.4, -0.2) is 63.3 Å². The number of nitrogens with two attached hydrogens (primary N) is 2. The van der Waals surface area contributed by atoms with Crippen molar-refractivity contribution in [3.8, 4) is 23.0 Å². The molecule has 2 aliphatic heterocycles. The van der Waals surface area contributed by atoms with Gasteiger partial charge in [0.2, 0.25) is 0 Å². The molecule has 3 heterocycles. The van der Waals surface area contributed by atoms with E-state index in [2.05, 4.69) is 22.1 Å². The van der Waals surface area contributed by atoms with E-state index in [0.717, 1.165) is 24.0 Å². The third kappa shape index (κ3) is 6.04. The summed E-state index contributed by atoms with van der Waals surface area (Å²) in [6.45, 7) is 2.18. The van der Waals surface area contributed by atoms with Crippen LogP contribution in [0.25, 0.3) is 16.8 Å². The number of likely N-dealkylation sites (tertiary alicyclic amines) is 1. The Morgan fingerprint density at radius 2 is 1.70 bits per heavy atom. The number of hydrazine groups is 1. The van der Waals surface area contributed by atoms with Gasteiger partial charge in [0.15, 0.2) is 0 Å². The van der Waals surface area contributed by atoms with E-state index in [1.807, 2.05) is 30.1 Å². The van der Waals surface area contributed by atoms with Gasteiger partial charge < -0.3 is 20.9 Å². The predicted octanol–water partition coefficient (Wildman–Crippen LogP) is 3.66. The summed E-state index contributed by atoms with van der Waals surface area (Å²) in [4.78, 5) is 46.4. The predicted molar refractivity (Wildman–Crippen MR) is 166 cm³/mol. The molecule has 1 saturated heterocycles. The van der Waals surface area contributed by atoms with Crippen molar-refractivity contribution in [2.45, 2.75) is 38.4 Å². The summed E-state index contributed by atoms with van der Waals surface area (Å²) >= 11 is 6.00. The number of benzene rings is 2. The molecule has 5 rings (SSSR count). The van der Waals surface area contributed by atoms with Gasteiger partial charge in [0.05, 0.1) is 11.7 Å². The number of likely N-dealkylation sites (N-methyl/N-ethyl adjacent to an activating group) is 1. The Kier molecular flexibility index (Phi) is 8.66. The van der Waals surface area contributed by atoms with E-state index in [0.29, 0.717) is 40.6 Å². The highest BCUT2D eigenvalue weighted by atomic mass is 35.5. The number of piperidine rings is 1. The zero-order valence-electron chi connectivity index (χ0n) is 23.9. The SMILES string of the molecule is CC#CC(=O)N1CCCC[C@H]1C1N(C)C(c2ccc(C(=O)Nc3cc(-c4ccc(Cl)cc4)ccn3)cc2)=C(C(N)=O)N1N. The van der Waals surface area contributed by atoms with Gasteiger partial charge in [-0.1, -0.05) is 41.8 Å². The van der Waals surface area contributed by atoms with Crippen molar-refractivity contribution in [1.29, 1.82) is 0 Å². The van der Waals surface area contributed by atoms with Crippen molar-refractivity contribution >= 4 is 40.8 Å². The van der Waals surface area contributed by atoms with Crippen LogP contribution in [0.5, 0.6) is 0 Å². The van der Waals surface area contributed by atoms with Gasteiger partial charge >= 0.3 is 0 Å². The number of anilines is 1. The van der Waals surface area contributed by atoms with E-state index in [1.54, 1.807) is 60.5 Å². The van der Waals surface area contributed by atoms with Crippen molar-refractivity contribution in [1.82, 2.24) is 19.8 Å². The fraction of sp³-hybridized carbons (Fsp3) is 0.250. The van der Waals surface area contributed by atoms with Crippen molar-refractivity contribution in [3.63, 3.8) is 0 Å². The minimum absolute atomic E-state index is 0.132. The fourth-order valence-corrected chi connectivity index (χ4v) is 5.88. The number of halogens is 1. The van der Waals surface area contributed by atoms with E-state index in [-0.39, 0.29) is 23.6 Å². The highest BCUT2D eigenvalue weighted by molar-refractivity contribution is 6.30. The van der Waals surface area contributed by atoms with Gasteiger partial charge in [-0.15, -0.1) is 0 Å². The van der Waals surface area contributed by atoms with Gasteiger partial charge in [-0.2, -0.15) is 0 Å². The van der Waals surface area contributed by atoms with Gasteiger partial charge in [-0.05, 0) is 79.6 Å². The number of nitrogens with one attached hydrogen (secondary N) is 1. The lowest BCUT2D eigenvalue weighted by molar-refractivity contribution is -0.131. The van der Waals surface area contributed by atoms with E-state index >= 15 is 0 Å². The topological polar surface area (TPSA) is 138 Å². The van der Waals surface area contributed by atoms with Crippen LogP contribution in [-0.2, 0) is 9.59 Å². The highest BCUT2D eigenvalue weighted by Crippen LogP contribution is 2.37. The van der Waals surface area contributed by atoms with Crippen molar-refractivity contribution in [3.05, 3.63) is 88.7 Å². The van der Waals surface area contributed by atoms with Crippen LogP contribution in [0.4, 0.5) is 5.82 Å². The molecule has 0 bridgehead atoms. The smallest absolute Gasteiger partial charge is 0.298 e. The summed E-state index contributed by atoms with van der Waals surface area (Å²) in [5, 5.41) is 4.83. The molecule has 0 saturated carbocycles. The number of carbonyl (C=O) groups excluding carboxylic acids is 3. The molecule has 0 radical (unpaired) electrons. The minimum atomic E-state index is -0.692. The van der Waals surface area contributed by atoms with Crippen LogP contribution in [0, 0.1) is 11.8 Å². The Labute approximate surface area is 255 Å². The number of primary amides is 1. The number of amides is 3. The largest absolute Gasteiger partial charge is 0.364 e. The molecule has 2 aromatic carbocycles. The summed E-state index contributed by atoms with van der Waals surface area (Å²) < 4.78 is 0. The molecule has 1 fully saturated rings. The molecule has 1 aromatic heterocycles. The third-order valence-corrected chi connectivity index (χ3v) is 7.99. The molecule has 0 spiro atoms. The van der Waals surface area contributed by atoms with Crippen molar-refractivity contribution in [2.24, 2.45) is 11.6 Å². The van der Waals surface area contributed by atoms with Gasteiger partial charge in [-0.3, -0.25) is 19.4 Å². The summed E-state index contributed by atoms with van der Waals surface area (Å²) in [6, 6.07) is 17.5. The highest BCUT2D eigenvalue weighted by Gasteiger charge is 2.45. The molecule has 3 aromatic rings. The molecule has 2 aliphatic rings. The van der Waals surface area contributed by atoms with Crippen LogP contribution >= 0.6 is 11.6 Å². The summed E-state index contributed by atoms with van der Waals surface area (Å²) in [6.07, 6.45) is 3.58. The minimum Gasteiger partial charge on any atom is -0.364 e. The van der Waals surface area contributed by atoms with Crippen LogP contribution in [0.3, 0.4) is 0 Å². The molecule has 0 aliphatic carbocycles. The van der Waals surface area contributed by atoms with E-state index in [4.69, 9.17) is 23.2 Å². The van der Waals surface area contributed by atoms with E-state index in [9.17, 15) is 14.4 Å². The van der Waals surface area contributed by atoms with Crippen molar-refractivity contribution < 1.29 is 14.4 Å². The van der Waals surface area contributed by atoms with Gasteiger partial charge in [0.1, 0.15) is 17.7 Å². The second kappa shape index (κ2) is 12.6. The molecule has 2 atom stereocenters. The number of hydrogen-bond acceptors (Lipinski definition) is 7. The molecule has 11 heteroatoms. The first kappa shape index (κ1) is 29.6. The Morgan fingerprint density at radius 3 is 2.37 bits per heavy atom. The third-order valence-electron chi connectivity index (χ3n) is 7.74. The standard InChI is InChI=1S/C32H32ClN7O3/c1-3-6-27(41)39-18-5-4-7-25(39)32-38(2)28(29(30(34)42)40(32)35)21-8-10-22(11-9-21)31(43)37-26-19-23(16-17-36-26)20-12-14-24(33)15-13-20/h8-17,19,25,32H,4-5,7,18,35H2,1-2H3,(H2,34,42)(H,36,37,43)/t25-,32?/m0/s1. The van der Waals surface area contributed by atoms with Crippen molar-refractivity contribution in [2.75, 3.05) is 18.9 Å². The van der Waals surface area contributed by atoms with Gasteiger partial charge in [0, 0.05) is 35.9 Å². The molecular weight excluding hydrogens is 566 g/mol. The van der Waals surface area contributed by atoms with Gasteiger partial charge in [0.25, 0.3) is 17.7 Å². The first-order valence-corrected chi connectivity index (χ1v) is 14.3. The number of carbonyl (C=O) groups is 3. The first-order valence-electron chi connectivity index (χ1n) is 13.9. The second-order valence-corrected chi connectivity index (χ2v) is 10.8. The molecule has 3 amide bonds. The Bertz CT molecular complexity index is 1640. The van der Waals surface area contributed by atoms with Crippen LogP contribution in [0.2, 0.25) is 5.02 Å². The maximum absolute atomic E-state index is 13.1. The summed E-state index contributed by atoms with van der Waals surface area (Å²) in [5.74, 6) is 10.9. The van der Waals surface area contributed by atoms with E-state index < -0.39 is 12.1 Å². The van der Waals surface area contributed by atoms with Crippen LogP contribution < -0.4 is 16.9 Å². The normalized spacial score (nSPS) is 18.3. The molecule has 1 unspecified atom stereocenters. The van der Waals surface area contributed by atoms with Crippen LogP contribution in [0.15, 0.2) is 72.6 Å². The summed E-state index contributed by atoms with van der Waals surface area (Å²) in [5.41, 5.74) is 9.33. The molecule has 43 heavy (non-hydrogen) atoms. The molecule has 10 nitrogen and oxygen atoms in total. The lowest BCUT2D eigenvalue weighted by Crippen LogP contribution is -2.59. The number of aromatic nitrogens is 1. The quantitative estimate of drug-likeness (QED) is 0.291. The number of nitrogens with zero attached hydrogens (tertiary/aromatic N) is 4. The number of pyridine rings is 1. The molecular formula is C32H32ClN7O3. The second-order valence-electron chi connectivity index (χ2n) is 10.4. The number of hydrogen-bond donors (Lipinski definition) is 3. The van der Waals surface area contributed by atoms with Crippen LogP contribution in [0.1, 0.15) is 42.1 Å². The zero-order valence-corrected chi connectivity index (χ0v) is 24.6. The summed E-state index contributed by atoms with van der Waals surface area (Å²) in [7, 11) is 1.82. The maximum atomic E-state index is 13.1. The number of rotatable bonds is 6. The zero-order chi connectivity index (χ0) is 30.7. The maximum Gasteiger partial charge on any atom is 0.298 e. The molecule has 220 valence electrons. The molecule has 5 N–H and O–H groups in total. The Hall–Kier alpha value is -4.85. The average molecular weight is 598 g/mol. The lowest BCUT2D eigenvalue weighted by Gasteiger charge is -2.43. The average Bonchev–Trinajstić information content (AvgIpc) is 3.27. The Balaban J connectivity index is 1.37. The fourth-order valence-electron chi connectivity index (χ4n) is 5.76. The first-order chi connectivity index (χ1) is 20.7. The van der Waals surface area contributed by atoms with Gasteiger partial charge in [-0.25, -0.2) is 10.8 Å². The van der Waals surface area contributed by atoms with E-state index in [1.165, 1.54) is 5.01 Å². The lowest BCUT2D eigenvalue weighted by atomic mass is 9.98. The monoisotopic (exact) mass is 597 g/mol. The Morgan fingerprint density at radius 1 is 1.00 bits per heavy atom.